The van der Waals surface area contributed by atoms with Crippen LogP contribution in [0.4, 0.5) is 0 Å². The first-order valence-corrected chi connectivity index (χ1v) is 9.45. The van der Waals surface area contributed by atoms with Crippen LogP contribution in [0.3, 0.4) is 0 Å². The summed E-state index contributed by atoms with van der Waals surface area (Å²) in [6.45, 7) is 1.10. The van der Waals surface area contributed by atoms with Crippen LogP contribution in [0.5, 0.6) is 0 Å². The molecule has 1 heterocycles. The van der Waals surface area contributed by atoms with E-state index >= 15 is 0 Å². The van der Waals surface area contributed by atoms with Gasteiger partial charge in [0, 0.05) is 11.6 Å². The van der Waals surface area contributed by atoms with Gasteiger partial charge in [-0.05, 0) is 52.2 Å². The molecule has 20 heavy (non-hydrogen) atoms. The third-order valence-corrected chi connectivity index (χ3v) is 7.15. The number of aliphatic hydroxyl groups excluding tert-OH is 1. The molecule has 5 nitrogen and oxygen atoms in total. The molecule has 2 fully saturated rings. The first kappa shape index (κ1) is 16.2. The van der Waals surface area contributed by atoms with Crippen molar-refractivity contribution in [2.75, 3.05) is 38.8 Å². The Morgan fingerprint density at radius 2 is 2.15 bits per heavy atom. The number of likely N-dealkylation sites (N-methyl/N-ethyl adjacent to an activating group) is 1. The van der Waals surface area contributed by atoms with Gasteiger partial charge in [0.1, 0.15) is 0 Å². The Morgan fingerprint density at radius 3 is 2.70 bits per heavy atom. The van der Waals surface area contributed by atoms with Gasteiger partial charge in [0.2, 0.25) is 0 Å². The predicted molar refractivity (Wildman–Crippen MR) is 80.5 cm³/mol. The van der Waals surface area contributed by atoms with Crippen molar-refractivity contribution in [3.8, 4) is 0 Å². The van der Waals surface area contributed by atoms with Crippen LogP contribution in [0.1, 0.15) is 32.1 Å². The molecule has 0 aromatic carbocycles. The zero-order chi connectivity index (χ0) is 14.8. The van der Waals surface area contributed by atoms with Crippen LogP contribution in [0, 0.1) is 5.92 Å². The normalized spacial score (nSPS) is 36.8. The van der Waals surface area contributed by atoms with E-state index in [2.05, 4.69) is 10.2 Å². The summed E-state index contributed by atoms with van der Waals surface area (Å²) >= 11 is 0. The van der Waals surface area contributed by atoms with Gasteiger partial charge in [0.25, 0.3) is 0 Å². The van der Waals surface area contributed by atoms with Gasteiger partial charge >= 0.3 is 0 Å². The van der Waals surface area contributed by atoms with Crippen LogP contribution in [0.25, 0.3) is 0 Å². The molecule has 6 heteroatoms. The van der Waals surface area contributed by atoms with E-state index in [1.165, 1.54) is 0 Å². The van der Waals surface area contributed by atoms with Gasteiger partial charge < -0.3 is 15.3 Å². The van der Waals surface area contributed by atoms with Gasteiger partial charge in [-0.3, -0.25) is 0 Å². The van der Waals surface area contributed by atoms with Crippen LogP contribution in [-0.2, 0) is 9.84 Å². The number of aliphatic hydroxyl groups is 1. The van der Waals surface area contributed by atoms with Gasteiger partial charge in [0.15, 0.2) is 9.84 Å². The maximum absolute atomic E-state index is 11.5. The Hall–Kier alpha value is -0.170. The van der Waals surface area contributed by atoms with E-state index in [0.29, 0.717) is 17.4 Å². The van der Waals surface area contributed by atoms with Gasteiger partial charge in [-0.15, -0.1) is 0 Å². The molecular formula is C14H28N2O3S. The molecule has 2 rings (SSSR count). The van der Waals surface area contributed by atoms with Crippen molar-refractivity contribution in [3.05, 3.63) is 0 Å². The zero-order valence-electron chi connectivity index (χ0n) is 12.6. The molecule has 1 saturated heterocycles. The van der Waals surface area contributed by atoms with Crippen LogP contribution < -0.4 is 5.32 Å². The quantitative estimate of drug-likeness (QED) is 0.736. The Balaban J connectivity index is 1.86. The fourth-order valence-corrected chi connectivity index (χ4v) is 5.65. The summed E-state index contributed by atoms with van der Waals surface area (Å²) < 4.78 is 23.1. The zero-order valence-corrected chi connectivity index (χ0v) is 13.5. The molecule has 0 bridgehead atoms. The van der Waals surface area contributed by atoms with E-state index in [1.807, 2.05) is 14.1 Å². The molecule has 0 aromatic rings. The predicted octanol–water partition coefficient (Wildman–Crippen LogP) is 0.246. The minimum Gasteiger partial charge on any atom is -0.394 e. The molecule has 118 valence electrons. The minimum atomic E-state index is -2.80. The van der Waals surface area contributed by atoms with Crippen LogP contribution in [0.2, 0.25) is 0 Å². The lowest BCUT2D eigenvalue weighted by Gasteiger charge is -2.35. The Kier molecular flexibility index (Phi) is 5.10. The number of hydrogen-bond donors (Lipinski definition) is 2. The molecule has 0 aromatic heterocycles. The second-order valence-corrected chi connectivity index (χ2v) is 8.71. The molecule has 3 unspecified atom stereocenters. The van der Waals surface area contributed by atoms with Crippen LogP contribution >= 0.6 is 0 Å². The number of hydrogen-bond acceptors (Lipinski definition) is 5. The first-order chi connectivity index (χ1) is 9.42. The first-order valence-electron chi connectivity index (χ1n) is 7.63. The van der Waals surface area contributed by atoms with E-state index in [9.17, 15) is 13.5 Å². The van der Waals surface area contributed by atoms with E-state index in [1.54, 1.807) is 0 Å². The molecule has 2 N–H and O–H groups in total. The van der Waals surface area contributed by atoms with Crippen molar-refractivity contribution in [1.82, 2.24) is 10.2 Å². The van der Waals surface area contributed by atoms with E-state index in [-0.39, 0.29) is 18.2 Å². The summed E-state index contributed by atoms with van der Waals surface area (Å²) in [5.41, 5.74) is -0.122. The lowest BCUT2D eigenvalue weighted by atomic mass is 9.85. The van der Waals surface area contributed by atoms with E-state index < -0.39 is 9.84 Å². The largest absolute Gasteiger partial charge is 0.394 e. The molecule has 1 saturated carbocycles. The number of nitrogens with one attached hydrogen (secondary N) is 1. The lowest BCUT2D eigenvalue weighted by Crippen LogP contribution is -2.50. The Labute approximate surface area is 122 Å². The smallest absolute Gasteiger partial charge is 0.151 e. The standard InChI is InChI=1S/C14H28N2O3S/c1-15-14(11-17)7-3-4-12(14)5-8-16(2)13-6-9-20(18,19)10-13/h12-13,15,17H,3-11H2,1-2H3. The Bertz CT molecular complexity index is 420. The highest BCUT2D eigenvalue weighted by molar-refractivity contribution is 7.91. The molecule has 0 spiro atoms. The van der Waals surface area contributed by atoms with E-state index in [4.69, 9.17) is 0 Å². The van der Waals surface area contributed by atoms with Crippen molar-refractivity contribution in [2.24, 2.45) is 5.92 Å². The van der Waals surface area contributed by atoms with E-state index in [0.717, 1.165) is 38.6 Å². The highest BCUT2D eigenvalue weighted by Gasteiger charge is 2.41. The molecule has 1 aliphatic carbocycles. The van der Waals surface area contributed by atoms with Crippen molar-refractivity contribution in [2.45, 2.75) is 43.7 Å². The number of rotatable bonds is 6. The third-order valence-electron chi connectivity index (χ3n) is 5.40. The van der Waals surface area contributed by atoms with Gasteiger partial charge in [-0.1, -0.05) is 6.42 Å². The minimum absolute atomic E-state index is 0.122. The SMILES string of the molecule is CNC1(CO)CCCC1CCN(C)C1CCS(=O)(=O)C1. The average Bonchev–Trinajstić information content (AvgIpc) is 2.99. The highest BCUT2D eigenvalue weighted by atomic mass is 32.2. The topological polar surface area (TPSA) is 69.6 Å². The highest BCUT2D eigenvalue weighted by Crippen LogP contribution is 2.37. The maximum Gasteiger partial charge on any atom is 0.151 e. The summed E-state index contributed by atoms with van der Waals surface area (Å²) in [6.07, 6.45) is 5.13. The summed E-state index contributed by atoms with van der Waals surface area (Å²) in [5, 5.41) is 13.0. The van der Waals surface area contributed by atoms with Gasteiger partial charge in [-0.2, -0.15) is 0 Å². The average molecular weight is 304 g/mol. The van der Waals surface area contributed by atoms with Crippen molar-refractivity contribution < 1.29 is 13.5 Å². The molecule has 0 amide bonds. The summed E-state index contributed by atoms with van der Waals surface area (Å²) in [5.74, 6) is 1.13. The Morgan fingerprint density at radius 1 is 1.40 bits per heavy atom. The van der Waals surface area contributed by atoms with Gasteiger partial charge in [0.05, 0.1) is 18.1 Å². The third kappa shape index (κ3) is 3.35. The number of nitrogens with zero attached hydrogens (tertiary/aromatic N) is 1. The summed E-state index contributed by atoms with van der Waals surface area (Å²) in [4.78, 5) is 2.20. The molecule has 1 aliphatic heterocycles. The summed E-state index contributed by atoms with van der Waals surface area (Å²) in [6, 6.07) is 0.180. The fourth-order valence-electron chi connectivity index (χ4n) is 3.85. The molecule has 2 aliphatic rings. The molecule has 0 radical (unpaired) electrons. The monoisotopic (exact) mass is 304 g/mol. The molecule has 3 atom stereocenters. The van der Waals surface area contributed by atoms with Crippen LogP contribution in [-0.4, -0.2) is 68.8 Å². The second-order valence-electron chi connectivity index (χ2n) is 6.48. The van der Waals surface area contributed by atoms with Crippen molar-refractivity contribution in [1.29, 1.82) is 0 Å². The lowest BCUT2D eigenvalue weighted by molar-refractivity contribution is 0.117. The van der Waals surface area contributed by atoms with Crippen LogP contribution in [0.15, 0.2) is 0 Å². The van der Waals surface area contributed by atoms with Gasteiger partial charge in [-0.25, -0.2) is 8.42 Å². The maximum atomic E-state index is 11.5. The molecular weight excluding hydrogens is 276 g/mol. The number of sulfone groups is 1. The fraction of sp³-hybridized carbons (Fsp3) is 1.00. The van der Waals surface area contributed by atoms with Crippen molar-refractivity contribution in [3.63, 3.8) is 0 Å². The van der Waals surface area contributed by atoms with Crippen molar-refractivity contribution >= 4 is 9.84 Å². The summed E-state index contributed by atoms with van der Waals surface area (Å²) in [7, 11) is 1.16. The second kappa shape index (κ2) is 6.30.